The molecule has 1 saturated carbocycles. The van der Waals surface area contributed by atoms with E-state index in [0.29, 0.717) is 11.8 Å². The van der Waals surface area contributed by atoms with Crippen LogP contribution in [0.1, 0.15) is 23.6 Å². The summed E-state index contributed by atoms with van der Waals surface area (Å²) >= 11 is 0. The molecule has 0 bridgehead atoms. The van der Waals surface area contributed by atoms with Gasteiger partial charge in [0.2, 0.25) is 0 Å². The molecule has 2 aliphatic rings. The molecule has 1 aliphatic heterocycles. The van der Waals surface area contributed by atoms with Crippen LogP contribution >= 0.6 is 0 Å². The van der Waals surface area contributed by atoms with E-state index in [-0.39, 0.29) is 6.03 Å². The number of urea groups is 1. The molecule has 2 atom stereocenters. The Morgan fingerprint density at radius 1 is 1.16 bits per heavy atom. The van der Waals surface area contributed by atoms with Gasteiger partial charge in [-0.1, -0.05) is 35.5 Å². The molecule has 6 heteroatoms. The number of nitrogens with zero attached hydrogens (tertiary/aromatic N) is 3. The van der Waals surface area contributed by atoms with Crippen molar-refractivity contribution < 1.29 is 9.32 Å². The van der Waals surface area contributed by atoms with Crippen LogP contribution in [0.25, 0.3) is 0 Å². The van der Waals surface area contributed by atoms with Crippen molar-refractivity contribution in [3.8, 4) is 0 Å². The maximum absolute atomic E-state index is 12.4. The van der Waals surface area contributed by atoms with Gasteiger partial charge in [0, 0.05) is 45.3 Å². The molecule has 1 aromatic heterocycles. The van der Waals surface area contributed by atoms with E-state index in [1.807, 2.05) is 17.0 Å². The fourth-order valence-electron chi connectivity index (χ4n) is 3.57. The molecule has 0 spiro atoms. The molecule has 2 amide bonds. The Hall–Kier alpha value is -2.34. The number of hydrogen-bond acceptors (Lipinski definition) is 4. The predicted molar refractivity (Wildman–Crippen MR) is 94.0 cm³/mol. The third-order valence-corrected chi connectivity index (χ3v) is 5.20. The Morgan fingerprint density at radius 2 is 1.96 bits per heavy atom. The minimum Gasteiger partial charge on any atom is -0.364 e. The molecule has 6 nitrogen and oxygen atoms in total. The van der Waals surface area contributed by atoms with Gasteiger partial charge in [-0.25, -0.2) is 4.79 Å². The molecular weight excluding hydrogens is 316 g/mol. The van der Waals surface area contributed by atoms with Gasteiger partial charge in [0.1, 0.15) is 6.26 Å². The van der Waals surface area contributed by atoms with Gasteiger partial charge in [-0.3, -0.25) is 4.90 Å². The molecule has 2 aromatic rings. The number of amides is 2. The lowest BCUT2D eigenvalue weighted by molar-refractivity contribution is 0.133. The van der Waals surface area contributed by atoms with Crippen molar-refractivity contribution in [3.05, 3.63) is 53.9 Å². The number of carbonyl (C=O) groups is 1. The van der Waals surface area contributed by atoms with E-state index in [2.05, 4.69) is 39.6 Å². The van der Waals surface area contributed by atoms with Gasteiger partial charge in [0.15, 0.2) is 0 Å². The van der Waals surface area contributed by atoms with Crippen LogP contribution < -0.4 is 5.32 Å². The van der Waals surface area contributed by atoms with Crippen LogP contribution in [0.15, 0.2) is 47.2 Å². The van der Waals surface area contributed by atoms with Crippen LogP contribution in [-0.4, -0.2) is 53.7 Å². The Kier molecular flexibility index (Phi) is 4.70. The van der Waals surface area contributed by atoms with Gasteiger partial charge >= 0.3 is 6.03 Å². The molecule has 2 fully saturated rings. The van der Waals surface area contributed by atoms with Crippen molar-refractivity contribution in [2.75, 3.05) is 32.7 Å². The van der Waals surface area contributed by atoms with Crippen LogP contribution in [0.4, 0.5) is 4.79 Å². The lowest BCUT2D eigenvalue weighted by Gasteiger charge is -2.34. The van der Waals surface area contributed by atoms with Gasteiger partial charge < -0.3 is 14.7 Å². The second-order valence-electron chi connectivity index (χ2n) is 6.95. The fraction of sp³-hybridized carbons (Fsp3) is 0.474. The zero-order valence-electron chi connectivity index (χ0n) is 14.3. The van der Waals surface area contributed by atoms with Crippen LogP contribution in [0, 0.1) is 5.92 Å². The lowest BCUT2D eigenvalue weighted by Crippen LogP contribution is -2.51. The quantitative estimate of drug-likeness (QED) is 0.907. The summed E-state index contributed by atoms with van der Waals surface area (Å²) in [4.78, 5) is 16.6. The number of benzene rings is 1. The third kappa shape index (κ3) is 4.02. The molecule has 132 valence electrons. The Labute approximate surface area is 147 Å². The van der Waals surface area contributed by atoms with Crippen LogP contribution in [-0.2, 0) is 6.54 Å². The minimum atomic E-state index is 0.0693. The normalized spacial score (nSPS) is 23.4. The topological polar surface area (TPSA) is 61.6 Å². The summed E-state index contributed by atoms with van der Waals surface area (Å²) in [5.74, 6) is 1.20. The van der Waals surface area contributed by atoms with E-state index < -0.39 is 0 Å². The molecular formula is C19H24N4O2. The summed E-state index contributed by atoms with van der Waals surface area (Å²) in [6.45, 7) is 4.82. The number of hydrogen-bond donors (Lipinski definition) is 1. The number of piperazine rings is 1. The van der Waals surface area contributed by atoms with Gasteiger partial charge in [-0.15, -0.1) is 0 Å². The van der Waals surface area contributed by atoms with Gasteiger partial charge in [0.05, 0.1) is 5.69 Å². The zero-order chi connectivity index (χ0) is 17.1. The molecule has 4 rings (SSSR count). The third-order valence-electron chi connectivity index (χ3n) is 5.20. The lowest BCUT2D eigenvalue weighted by atomic mass is 10.1. The standard InChI is InChI=1S/C19H24N4O2/c24-19(20-13-16-12-18(16)15-4-2-1-3-5-15)23-9-7-22(8-10-23)14-17-6-11-25-21-17/h1-6,11,16,18H,7-10,12-14H2,(H,20,24)/t16-,18+/m1/s1. The highest BCUT2D eigenvalue weighted by molar-refractivity contribution is 5.74. The second-order valence-corrected chi connectivity index (χ2v) is 6.95. The monoisotopic (exact) mass is 340 g/mol. The van der Waals surface area contributed by atoms with Crippen molar-refractivity contribution in [3.63, 3.8) is 0 Å². The smallest absolute Gasteiger partial charge is 0.317 e. The number of aromatic nitrogens is 1. The van der Waals surface area contributed by atoms with Crippen molar-refractivity contribution in [1.82, 2.24) is 20.3 Å². The zero-order valence-corrected chi connectivity index (χ0v) is 14.3. The first kappa shape index (κ1) is 16.1. The van der Waals surface area contributed by atoms with E-state index in [1.54, 1.807) is 6.26 Å². The molecule has 0 unspecified atom stereocenters. The van der Waals surface area contributed by atoms with Crippen LogP contribution in [0.5, 0.6) is 0 Å². The van der Waals surface area contributed by atoms with Crippen molar-refractivity contribution in [2.24, 2.45) is 5.92 Å². The summed E-state index contributed by atoms with van der Waals surface area (Å²) in [5.41, 5.74) is 2.34. The molecule has 1 aromatic carbocycles. The van der Waals surface area contributed by atoms with Gasteiger partial charge in [-0.2, -0.15) is 0 Å². The van der Waals surface area contributed by atoms with Crippen molar-refractivity contribution >= 4 is 6.03 Å². The highest BCUT2D eigenvalue weighted by Gasteiger charge is 2.38. The van der Waals surface area contributed by atoms with Gasteiger partial charge in [-0.05, 0) is 23.8 Å². The second kappa shape index (κ2) is 7.27. The minimum absolute atomic E-state index is 0.0693. The maximum atomic E-state index is 12.4. The van der Waals surface area contributed by atoms with E-state index in [4.69, 9.17) is 4.52 Å². The molecule has 25 heavy (non-hydrogen) atoms. The Balaban J connectivity index is 1.17. The summed E-state index contributed by atoms with van der Waals surface area (Å²) in [7, 11) is 0. The highest BCUT2D eigenvalue weighted by Crippen LogP contribution is 2.46. The van der Waals surface area contributed by atoms with Crippen molar-refractivity contribution in [2.45, 2.75) is 18.9 Å². The Morgan fingerprint density at radius 3 is 2.68 bits per heavy atom. The van der Waals surface area contributed by atoms with E-state index in [1.165, 1.54) is 12.0 Å². The molecule has 2 heterocycles. The van der Waals surface area contributed by atoms with E-state index >= 15 is 0 Å². The largest absolute Gasteiger partial charge is 0.364 e. The summed E-state index contributed by atoms with van der Waals surface area (Å²) in [6.07, 6.45) is 2.77. The highest BCUT2D eigenvalue weighted by atomic mass is 16.5. The fourth-order valence-corrected chi connectivity index (χ4v) is 3.57. The maximum Gasteiger partial charge on any atom is 0.317 e. The first-order valence-corrected chi connectivity index (χ1v) is 8.99. The van der Waals surface area contributed by atoms with Crippen LogP contribution in [0.3, 0.4) is 0 Å². The number of nitrogens with one attached hydrogen (secondary N) is 1. The van der Waals surface area contributed by atoms with Gasteiger partial charge in [0.25, 0.3) is 0 Å². The molecule has 0 radical (unpaired) electrons. The summed E-state index contributed by atoms with van der Waals surface area (Å²) in [5, 5.41) is 7.06. The summed E-state index contributed by atoms with van der Waals surface area (Å²) in [6, 6.07) is 12.5. The predicted octanol–water partition coefficient (Wildman–Crippen LogP) is 2.31. The number of carbonyl (C=O) groups excluding carboxylic acids is 1. The molecule has 1 N–H and O–H groups in total. The average Bonchev–Trinajstić information content (AvgIpc) is 3.27. The Bertz CT molecular complexity index is 681. The first-order chi connectivity index (χ1) is 12.3. The van der Waals surface area contributed by atoms with Crippen molar-refractivity contribution in [1.29, 1.82) is 0 Å². The molecule has 1 aliphatic carbocycles. The first-order valence-electron chi connectivity index (χ1n) is 8.99. The van der Waals surface area contributed by atoms with Crippen LogP contribution in [0.2, 0.25) is 0 Å². The van der Waals surface area contributed by atoms with E-state index in [0.717, 1.165) is 45.0 Å². The molecule has 1 saturated heterocycles. The SMILES string of the molecule is O=C(NC[C@H]1C[C@H]1c1ccccc1)N1CCN(Cc2ccon2)CC1. The van der Waals surface area contributed by atoms with E-state index in [9.17, 15) is 4.79 Å². The number of rotatable bonds is 5. The average molecular weight is 340 g/mol. The summed E-state index contributed by atoms with van der Waals surface area (Å²) < 4.78 is 4.87.